The van der Waals surface area contributed by atoms with E-state index in [0.717, 1.165) is 17.1 Å². The number of carbonyl (C=O) groups is 4. The van der Waals surface area contributed by atoms with Gasteiger partial charge >= 0.3 is 0 Å². The lowest BCUT2D eigenvalue weighted by Crippen LogP contribution is -2.52. The van der Waals surface area contributed by atoms with Gasteiger partial charge in [-0.25, -0.2) is 4.98 Å². The summed E-state index contributed by atoms with van der Waals surface area (Å²) >= 11 is 6.42. The normalized spacial score (nSPS) is 17.9. The van der Waals surface area contributed by atoms with Crippen LogP contribution in [-0.2, 0) is 14.4 Å². The summed E-state index contributed by atoms with van der Waals surface area (Å²) in [5, 5.41) is 26.3. The van der Waals surface area contributed by atoms with Gasteiger partial charge in [-0.3, -0.25) is 24.5 Å². The number of halogens is 1. The van der Waals surface area contributed by atoms with E-state index >= 15 is 0 Å². The first-order chi connectivity index (χ1) is 28.0. The first-order valence-electron chi connectivity index (χ1n) is 19.3. The van der Waals surface area contributed by atoms with Gasteiger partial charge in [-0.15, -0.1) is 0 Å². The second-order valence-corrected chi connectivity index (χ2v) is 15.0. The molecule has 4 heterocycles. The van der Waals surface area contributed by atoms with Gasteiger partial charge in [-0.05, 0) is 67.8 Å². The summed E-state index contributed by atoms with van der Waals surface area (Å²) in [7, 11) is 3.15. The maximum Gasteiger partial charge on any atom is 0.253 e. The molecule has 1 aromatic heterocycles. The number of nitrogens with one attached hydrogen (secondary N) is 5. The highest BCUT2D eigenvalue weighted by Crippen LogP contribution is 2.34. The van der Waals surface area contributed by atoms with Crippen LogP contribution in [0.5, 0.6) is 5.75 Å². The number of amides is 4. The van der Waals surface area contributed by atoms with Gasteiger partial charge in [0.2, 0.25) is 23.7 Å². The van der Waals surface area contributed by atoms with E-state index in [2.05, 4.69) is 46.4 Å². The zero-order chi connectivity index (χ0) is 40.8. The number of rotatable bonds is 12. The lowest BCUT2D eigenvalue weighted by atomic mass is 9.87. The number of carbonyl (C=O) groups excluding carboxylic acids is 4. The van der Waals surface area contributed by atoms with Crippen molar-refractivity contribution in [1.29, 1.82) is 0 Å². The Morgan fingerprint density at radius 3 is 2.34 bits per heavy atom. The molecule has 58 heavy (non-hydrogen) atoms. The molecular formula is C41H47ClN10O6. The molecule has 0 spiro atoms. The lowest BCUT2D eigenvalue weighted by molar-refractivity contribution is -0.138. The van der Waals surface area contributed by atoms with Crippen LogP contribution in [0.15, 0.2) is 72.9 Å². The van der Waals surface area contributed by atoms with Gasteiger partial charge in [0.1, 0.15) is 16.8 Å². The highest BCUT2D eigenvalue weighted by atomic mass is 35.5. The Labute approximate surface area is 341 Å². The van der Waals surface area contributed by atoms with E-state index in [1.165, 1.54) is 6.20 Å². The van der Waals surface area contributed by atoms with Crippen LogP contribution < -0.4 is 41.1 Å². The van der Waals surface area contributed by atoms with Crippen molar-refractivity contribution in [1.82, 2.24) is 25.5 Å². The summed E-state index contributed by atoms with van der Waals surface area (Å²) in [5.41, 5.74) is 3.27. The van der Waals surface area contributed by atoms with Gasteiger partial charge in [0.05, 0.1) is 42.3 Å². The van der Waals surface area contributed by atoms with Crippen molar-refractivity contribution in [3.8, 4) is 5.75 Å². The number of anilines is 7. The minimum Gasteiger partial charge on any atom is -0.494 e. The second-order valence-electron chi connectivity index (χ2n) is 14.6. The van der Waals surface area contributed by atoms with Crippen LogP contribution in [0.1, 0.15) is 42.5 Å². The lowest BCUT2D eigenvalue weighted by Gasteiger charge is -2.41. The molecule has 0 radical (unpaired) electrons. The number of piperidine rings is 2. The maximum absolute atomic E-state index is 13.4. The fraction of sp³-hybridized carbons (Fsp3) is 0.366. The third-order valence-corrected chi connectivity index (χ3v) is 11.1. The SMILES string of the molecule is CNC(=O)c1ccccc1Nc1nc(Nc2ccc(N3CCN(C(=O)CC4(O)CCN(c5ccc(NC6CCC(=O)NC6=O)cc5)CC4)CC3)cc2OC)ncc1Cl. The zero-order valence-electron chi connectivity index (χ0n) is 32.4. The molecule has 7 rings (SSSR count). The number of methoxy groups -OCH3 is 1. The first kappa shape index (κ1) is 40.1. The fourth-order valence-electron chi connectivity index (χ4n) is 7.43. The van der Waals surface area contributed by atoms with Crippen molar-refractivity contribution in [2.24, 2.45) is 0 Å². The number of hydrogen-bond donors (Lipinski definition) is 6. The molecule has 1 unspecified atom stereocenters. The number of nitrogens with zero attached hydrogens (tertiary/aromatic N) is 5. The third-order valence-electron chi connectivity index (χ3n) is 10.8. The Morgan fingerprint density at radius 1 is 0.931 bits per heavy atom. The molecular weight excluding hydrogens is 764 g/mol. The van der Waals surface area contributed by atoms with Crippen LogP contribution >= 0.6 is 11.6 Å². The van der Waals surface area contributed by atoms with Gasteiger partial charge < -0.3 is 45.8 Å². The Hall–Kier alpha value is -6.13. The molecule has 0 bridgehead atoms. The van der Waals surface area contributed by atoms with Gasteiger partial charge in [0, 0.05) is 75.9 Å². The molecule has 3 aromatic carbocycles. The van der Waals surface area contributed by atoms with Gasteiger partial charge in [0.15, 0.2) is 5.82 Å². The molecule has 6 N–H and O–H groups in total. The van der Waals surface area contributed by atoms with Crippen LogP contribution in [0.2, 0.25) is 5.02 Å². The number of para-hydroxylation sites is 1. The average Bonchev–Trinajstić information content (AvgIpc) is 3.23. The summed E-state index contributed by atoms with van der Waals surface area (Å²) in [6.45, 7) is 3.52. The Bertz CT molecular complexity index is 2160. The predicted octanol–water partition coefficient (Wildman–Crippen LogP) is 4.27. The topological polar surface area (TPSA) is 193 Å². The van der Waals surface area contributed by atoms with Gasteiger partial charge in [-0.2, -0.15) is 4.98 Å². The molecule has 17 heteroatoms. The Kier molecular flexibility index (Phi) is 12.1. The van der Waals surface area contributed by atoms with Crippen LogP contribution in [0, 0.1) is 0 Å². The van der Waals surface area contributed by atoms with E-state index in [1.54, 1.807) is 38.4 Å². The maximum atomic E-state index is 13.4. The van der Waals surface area contributed by atoms with Gasteiger partial charge in [0.25, 0.3) is 5.91 Å². The first-order valence-corrected chi connectivity index (χ1v) is 19.6. The number of aliphatic hydroxyl groups is 1. The van der Waals surface area contributed by atoms with Crippen LogP contribution in [-0.4, -0.2) is 109 Å². The standard InChI is InChI=1S/C41H47ClN10O6/c1-43-38(55)29-5-3-4-6-31(29)46-37-30(42)25-44-40(49-37)47-32-12-11-28(23-34(32)58-2)51-19-21-52(22-20-51)36(54)24-41(57)15-17-50(18-16-41)27-9-7-26(8-10-27)45-33-13-14-35(53)48-39(33)56/h3-12,23,25,33,45,57H,13-22,24H2,1-2H3,(H,43,55)(H,48,53,56)(H2,44,46,47,49). The van der Waals surface area contributed by atoms with E-state index in [9.17, 15) is 24.3 Å². The van der Waals surface area contributed by atoms with Crippen LogP contribution in [0.4, 0.5) is 40.2 Å². The van der Waals surface area contributed by atoms with Crippen molar-refractivity contribution in [2.45, 2.75) is 43.7 Å². The number of benzene rings is 3. The minimum atomic E-state index is -1.07. The Morgan fingerprint density at radius 2 is 1.64 bits per heavy atom. The van der Waals surface area contributed by atoms with E-state index in [4.69, 9.17) is 16.3 Å². The smallest absolute Gasteiger partial charge is 0.253 e. The number of aromatic nitrogens is 2. The third kappa shape index (κ3) is 9.35. The summed E-state index contributed by atoms with van der Waals surface area (Å²) < 4.78 is 5.73. The summed E-state index contributed by atoms with van der Waals surface area (Å²) in [6.07, 6.45) is 3.26. The Balaban J connectivity index is 0.893. The highest BCUT2D eigenvalue weighted by Gasteiger charge is 2.37. The van der Waals surface area contributed by atoms with Gasteiger partial charge in [-0.1, -0.05) is 23.7 Å². The highest BCUT2D eigenvalue weighted by molar-refractivity contribution is 6.33. The molecule has 1 atom stereocenters. The molecule has 0 saturated carbocycles. The largest absolute Gasteiger partial charge is 0.494 e. The number of imide groups is 1. The number of hydrogen-bond acceptors (Lipinski definition) is 13. The van der Waals surface area contributed by atoms with Crippen molar-refractivity contribution >= 4 is 75.4 Å². The van der Waals surface area contributed by atoms with E-state index in [1.807, 2.05) is 47.4 Å². The fourth-order valence-corrected chi connectivity index (χ4v) is 7.57. The molecule has 3 fully saturated rings. The summed E-state index contributed by atoms with van der Waals surface area (Å²) in [4.78, 5) is 64.5. The van der Waals surface area contributed by atoms with Crippen molar-refractivity contribution in [2.75, 3.05) is 79.2 Å². The van der Waals surface area contributed by atoms with E-state index in [-0.39, 0.29) is 41.0 Å². The average molecular weight is 811 g/mol. The summed E-state index contributed by atoms with van der Waals surface area (Å²) in [5.74, 6) is 0.302. The monoisotopic (exact) mass is 810 g/mol. The molecule has 3 aliphatic heterocycles. The van der Waals surface area contributed by atoms with Crippen molar-refractivity contribution < 1.29 is 29.0 Å². The molecule has 3 saturated heterocycles. The minimum absolute atomic E-state index is 0.0504. The molecule has 3 aliphatic rings. The number of piperazine rings is 1. The molecule has 4 aromatic rings. The number of ether oxygens (including phenoxy) is 1. The molecule has 4 amide bonds. The second kappa shape index (κ2) is 17.6. The molecule has 0 aliphatic carbocycles. The van der Waals surface area contributed by atoms with Crippen molar-refractivity contribution in [3.05, 3.63) is 83.5 Å². The van der Waals surface area contributed by atoms with E-state index < -0.39 is 11.6 Å². The molecule has 16 nitrogen and oxygen atoms in total. The zero-order valence-corrected chi connectivity index (χ0v) is 33.1. The van der Waals surface area contributed by atoms with Crippen molar-refractivity contribution in [3.63, 3.8) is 0 Å². The van der Waals surface area contributed by atoms with Crippen LogP contribution in [0.25, 0.3) is 0 Å². The molecule has 304 valence electrons. The quantitative estimate of drug-likeness (QED) is 0.111. The predicted molar refractivity (Wildman–Crippen MR) is 222 cm³/mol. The summed E-state index contributed by atoms with van der Waals surface area (Å²) in [6, 6.07) is 20.1. The van der Waals surface area contributed by atoms with Crippen LogP contribution in [0.3, 0.4) is 0 Å². The van der Waals surface area contributed by atoms with E-state index in [0.29, 0.717) is 93.5 Å².